The maximum atomic E-state index is 9.55. The lowest BCUT2D eigenvalue weighted by molar-refractivity contribution is -0.134. The molecule has 0 saturated heterocycles. The van der Waals surface area contributed by atoms with Gasteiger partial charge < -0.3 is 24.8 Å². The van der Waals surface area contributed by atoms with E-state index in [1.807, 2.05) is 0 Å². The second-order valence-corrected chi connectivity index (χ2v) is 5.86. The number of carboxylic acid groups (broad SMARTS) is 2. The Balaban J connectivity index is 0.000000359. The van der Waals surface area contributed by atoms with Crippen molar-refractivity contribution in [1.82, 2.24) is 9.88 Å². The molecule has 2 rings (SSSR count). The fourth-order valence-corrected chi connectivity index (χ4v) is 2.41. The highest BCUT2D eigenvalue weighted by molar-refractivity contribution is 5.90. The number of likely N-dealkylation sites (N-methyl/N-ethyl adjacent to an activating group) is 1. The van der Waals surface area contributed by atoms with E-state index in [0.717, 1.165) is 25.3 Å². The van der Waals surface area contributed by atoms with Gasteiger partial charge in [-0.1, -0.05) is 6.92 Å². The number of nitrogens with zero attached hydrogens (tertiary/aromatic N) is 1. The molecule has 3 N–H and O–H groups in total. The third-order valence-electron chi connectivity index (χ3n) is 3.86. The van der Waals surface area contributed by atoms with E-state index in [1.165, 1.54) is 22.0 Å². The molecule has 7 nitrogen and oxygen atoms in total. The van der Waals surface area contributed by atoms with E-state index in [0.29, 0.717) is 12.2 Å². The Morgan fingerprint density at radius 2 is 1.85 bits per heavy atom. The quantitative estimate of drug-likeness (QED) is 0.655. The van der Waals surface area contributed by atoms with Crippen LogP contribution in [0.2, 0.25) is 0 Å². The molecule has 1 heterocycles. The van der Waals surface area contributed by atoms with Gasteiger partial charge in [-0.3, -0.25) is 0 Å². The summed E-state index contributed by atoms with van der Waals surface area (Å²) in [6.45, 7) is 6.42. The van der Waals surface area contributed by atoms with Crippen molar-refractivity contribution in [2.75, 3.05) is 27.2 Å². The maximum absolute atomic E-state index is 9.55. The monoisotopic (exact) mass is 362 g/mol. The Kier molecular flexibility index (Phi) is 8.37. The van der Waals surface area contributed by atoms with Gasteiger partial charge >= 0.3 is 11.9 Å². The van der Waals surface area contributed by atoms with E-state index in [9.17, 15) is 9.59 Å². The third kappa shape index (κ3) is 6.60. The minimum Gasteiger partial charge on any atom is -0.496 e. The number of aromatic nitrogens is 1. The minimum atomic E-state index is -1.26. The van der Waals surface area contributed by atoms with Crippen LogP contribution < -0.4 is 4.74 Å². The van der Waals surface area contributed by atoms with Crippen molar-refractivity contribution in [3.05, 3.63) is 41.6 Å². The Morgan fingerprint density at radius 3 is 2.35 bits per heavy atom. The zero-order chi connectivity index (χ0) is 19.7. The van der Waals surface area contributed by atoms with E-state index in [1.54, 1.807) is 7.11 Å². The van der Waals surface area contributed by atoms with Gasteiger partial charge in [0.25, 0.3) is 0 Å². The number of nitrogens with one attached hydrogen (secondary N) is 1. The zero-order valence-corrected chi connectivity index (χ0v) is 15.6. The maximum Gasteiger partial charge on any atom is 0.328 e. The number of carboxylic acids is 2. The van der Waals surface area contributed by atoms with Gasteiger partial charge in [0, 0.05) is 35.8 Å². The van der Waals surface area contributed by atoms with Gasteiger partial charge in [-0.2, -0.15) is 0 Å². The normalized spacial score (nSPS) is 10.8. The van der Waals surface area contributed by atoms with E-state index >= 15 is 0 Å². The molecule has 7 heteroatoms. The van der Waals surface area contributed by atoms with Crippen molar-refractivity contribution < 1.29 is 24.5 Å². The fraction of sp³-hybridized carbons (Fsp3) is 0.368. The van der Waals surface area contributed by atoms with Crippen LogP contribution >= 0.6 is 0 Å². The average molecular weight is 362 g/mol. The lowest BCUT2D eigenvalue weighted by Crippen LogP contribution is -2.20. The molecule has 0 aliphatic rings. The largest absolute Gasteiger partial charge is 0.496 e. The molecule has 142 valence electrons. The van der Waals surface area contributed by atoms with Crippen LogP contribution in [0.15, 0.2) is 30.5 Å². The van der Waals surface area contributed by atoms with Gasteiger partial charge in [-0.25, -0.2) is 9.59 Å². The first-order chi connectivity index (χ1) is 12.3. The summed E-state index contributed by atoms with van der Waals surface area (Å²) in [6, 6.07) is 4.27. The lowest BCUT2D eigenvalue weighted by atomic mass is 10.1. The summed E-state index contributed by atoms with van der Waals surface area (Å²) in [6.07, 6.45) is 4.27. The molecule has 0 amide bonds. The molecule has 0 saturated carbocycles. The number of hydrogen-bond acceptors (Lipinski definition) is 4. The SMILES string of the molecule is CCN(C)CCc1c[nH]c2cc(C)cc(OC)c12.O=C(O)/C=C/C(=O)O. The number of aliphatic carboxylic acids is 2. The number of ether oxygens (including phenoxy) is 1. The van der Waals surface area contributed by atoms with Gasteiger partial charge in [0.1, 0.15) is 5.75 Å². The summed E-state index contributed by atoms with van der Waals surface area (Å²) in [5.41, 5.74) is 3.72. The van der Waals surface area contributed by atoms with Crippen LogP contribution in [0, 0.1) is 6.92 Å². The van der Waals surface area contributed by atoms with E-state index < -0.39 is 11.9 Å². The van der Waals surface area contributed by atoms with Crippen molar-refractivity contribution >= 4 is 22.8 Å². The summed E-state index contributed by atoms with van der Waals surface area (Å²) in [5, 5.41) is 16.9. The third-order valence-corrected chi connectivity index (χ3v) is 3.86. The molecule has 0 atom stereocenters. The van der Waals surface area contributed by atoms with Gasteiger partial charge in [-0.15, -0.1) is 0 Å². The predicted molar refractivity (Wildman–Crippen MR) is 101 cm³/mol. The first kappa shape index (κ1) is 21.2. The van der Waals surface area contributed by atoms with E-state index in [-0.39, 0.29) is 0 Å². The molecule has 1 aromatic carbocycles. The number of fused-ring (bicyclic) bond motifs is 1. The molecule has 26 heavy (non-hydrogen) atoms. The number of rotatable bonds is 7. The second kappa shape index (κ2) is 10.2. The Hall–Kier alpha value is -2.80. The Bertz CT molecular complexity index is 764. The van der Waals surface area contributed by atoms with Crippen molar-refractivity contribution in [2.24, 2.45) is 0 Å². The summed E-state index contributed by atoms with van der Waals surface area (Å²) >= 11 is 0. The second-order valence-electron chi connectivity index (χ2n) is 5.86. The van der Waals surface area contributed by atoms with Crippen LogP contribution in [-0.4, -0.2) is 59.3 Å². The topological polar surface area (TPSA) is 103 Å². The summed E-state index contributed by atoms with van der Waals surface area (Å²) in [7, 11) is 3.89. The first-order valence-electron chi connectivity index (χ1n) is 8.25. The van der Waals surface area contributed by atoms with E-state index in [4.69, 9.17) is 14.9 Å². The summed E-state index contributed by atoms with van der Waals surface area (Å²) in [5.74, 6) is -1.54. The zero-order valence-electron chi connectivity index (χ0n) is 15.6. The van der Waals surface area contributed by atoms with Crippen LogP contribution in [-0.2, 0) is 16.0 Å². The van der Waals surface area contributed by atoms with Crippen molar-refractivity contribution in [1.29, 1.82) is 0 Å². The molecule has 0 spiro atoms. The number of carbonyl (C=O) groups is 2. The van der Waals surface area contributed by atoms with Crippen LogP contribution in [0.25, 0.3) is 10.9 Å². The van der Waals surface area contributed by atoms with Gasteiger partial charge in [-0.05, 0) is 50.2 Å². The summed E-state index contributed by atoms with van der Waals surface area (Å²) in [4.78, 5) is 24.8. The molecule has 0 radical (unpaired) electrons. The van der Waals surface area contributed by atoms with Crippen LogP contribution in [0.1, 0.15) is 18.1 Å². The smallest absolute Gasteiger partial charge is 0.328 e. The van der Waals surface area contributed by atoms with E-state index in [2.05, 4.69) is 49.1 Å². The molecular formula is C19H26N2O5. The van der Waals surface area contributed by atoms with Gasteiger partial charge in [0.15, 0.2) is 0 Å². The fourth-order valence-electron chi connectivity index (χ4n) is 2.41. The number of aryl methyl sites for hydroxylation is 1. The predicted octanol–water partition coefficient (Wildman–Crippen LogP) is 2.69. The van der Waals surface area contributed by atoms with Crippen LogP contribution in [0.5, 0.6) is 5.75 Å². The Labute approximate surface area is 152 Å². The van der Waals surface area contributed by atoms with Crippen LogP contribution in [0.4, 0.5) is 0 Å². The highest BCUT2D eigenvalue weighted by Crippen LogP contribution is 2.30. The lowest BCUT2D eigenvalue weighted by Gasteiger charge is -2.13. The molecule has 1 aromatic heterocycles. The van der Waals surface area contributed by atoms with Crippen molar-refractivity contribution in [3.8, 4) is 5.75 Å². The molecule has 0 aliphatic carbocycles. The first-order valence-corrected chi connectivity index (χ1v) is 8.25. The number of H-pyrrole nitrogens is 1. The molecule has 0 fully saturated rings. The molecule has 2 aromatic rings. The van der Waals surface area contributed by atoms with Crippen LogP contribution in [0.3, 0.4) is 0 Å². The highest BCUT2D eigenvalue weighted by atomic mass is 16.5. The van der Waals surface area contributed by atoms with Gasteiger partial charge in [0.2, 0.25) is 0 Å². The molecule has 0 bridgehead atoms. The molecule has 0 aliphatic heterocycles. The molecular weight excluding hydrogens is 336 g/mol. The summed E-state index contributed by atoms with van der Waals surface area (Å²) < 4.78 is 5.51. The number of benzene rings is 1. The standard InChI is InChI=1S/C15H22N2O.C4H4O4/c1-5-17(3)7-6-12-10-16-13-8-11(2)9-14(18-4)15(12)13;5-3(6)1-2-4(7)8/h8-10,16H,5-7H2,1-4H3;1-2H,(H,5,6)(H,7,8)/b;2-1+. The number of methoxy groups -OCH3 is 1. The number of hydrogen-bond donors (Lipinski definition) is 3. The van der Waals surface area contributed by atoms with Crippen molar-refractivity contribution in [3.63, 3.8) is 0 Å². The van der Waals surface area contributed by atoms with Gasteiger partial charge in [0.05, 0.1) is 7.11 Å². The Morgan fingerprint density at radius 1 is 1.23 bits per heavy atom. The highest BCUT2D eigenvalue weighted by Gasteiger charge is 2.10. The average Bonchev–Trinajstić information content (AvgIpc) is 3.00. The molecule has 0 unspecified atom stereocenters. The minimum absolute atomic E-state index is 0.558. The number of aromatic amines is 1. The van der Waals surface area contributed by atoms with Crippen molar-refractivity contribution in [2.45, 2.75) is 20.3 Å².